The highest BCUT2D eigenvalue weighted by atomic mass is 16.5. The average Bonchev–Trinajstić information content (AvgIpc) is 2.77. The van der Waals surface area contributed by atoms with E-state index in [1.807, 2.05) is 36.3 Å². The number of ether oxygens (including phenoxy) is 2. The van der Waals surface area contributed by atoms with Crippen molar-refractivity contribution in [1.29, 1.82) is 0 Å². The number of carbonyl (C=O) groups excluding carboxylic acids is 1. The van der Waals surface area contributed by atoms with Crippen LogP contribution >= 0.6 is 0 Å². The highest BCUT2D eigenvalue weighted by molar-refractivity contribution is 5.97. The molecule has 0 N–H and O–H groups in total. The Balaban J connectivity index is 1.56. The molecule has 2 aromatic rings. The molecule has 1 saturated heterocycles. The van der Waals surface area contributed by atoms with E-state index in [-0.39, 0.29) is 11.9 Å². The molecule has 0 saturated carbocycles. The number of pyridine rings is 1. The van der Waals surface area contributed by atoms with Crippen LogP contribution in [0.3, 0.4) is 0 Å². The van der Waals surface area contributed by atoms with Crippen LogP contribution in [0.5, 0.6) is 11.5 Å². The second-order valence-electron chi connectivity index (χ2n) is 7.10. The molecule has 1 aliphatic heterocycles. The molecule has 3 rings (SSSR count). The number of para-hydroxylation sites is 1. The number of carbonyl (C=O) groups is 1. The number of methoxy groups -OCH3 is 2. The van der Waals surface area contributed by atoms with E-state index in [1.54, 1.807) is 26.4 Å². The maximum absolute atomic E-state index is 13.1. The molecule has 0 radical (unpaired) electrons. The van der Waals surface area contributed by atoms with Crippen molar-refractivity contribution in [2.24, 2.45) is 0 Å². The number of rotatable bonds is 7. The molecular formula is C22H29N3O3. The van der Waals surface area contributed by atoms with E-state index < -0.39 is 0 Å². The number of aromatic nitrogens is 1. The summed E-state index contributed by atoms with van der Waals surface area (Å²) < 4.78 is 10.8. The van der Waals surface area contributed by atoms with Crippen molar-refractivity contribution in [3.63, 3.8) is 0 Å². The van der Waals surface area contributed by atoms with Gasteiger partial charge in [0.1, 0.15) is 0 Å². The summed E-state index contributed by atoms with van der Waals surface area (Å²) >= 11 is 0. The van der Waals surface area contributed by atoms with Crippen molar-refractivity contribution in [3.8, 4) is 11.5 Å². The molecule has 0 atom stereocenters. The van der Waals surface area contributed by atoms with Crippen LogP contribution in [0.25, 0.3) is 0 Å². The molecule has 6 nitrogen and oxygen atoms in total. The first-order chi connectivity index (χ1) is 13.6. The fourth-order valence-corrected chi connectivity index (χ4v) is 3.76. The van der Waals surface area contributed by atoms with Crippen LogP contribution < -0.4 is 9.47 Å². The topological polar surface area (TPSA) is 54.9 Å². The predicted octanol–water partition coefficient (Wildman–Crippen LogP) is 2.88. The van der Waals surface area contributed by atoms with E-state index >= 15 is 0 Å². The SMILES string of the molecule is COc1cccc(C(=O)N(C)C2CCN(CCc3ccccn3)CC2)c1OC. The smallest absolute Gasteiger partial charge is 0.257 e. The van der Waals surface area contributed by atoms with Gasteiger partial charge >= 0.3 is 0 Å². The van der Waals surface area contributed by atoms with Gasteiger partial charge in [0.25, 0.3) is 5.91 Å². The summed E-state index contributed by atoms with van der Waals surface area (Å²) in [5, 5.41) is 0. The van der Waals surface area contributed by atoms with Gasteiger partial charge in [0.05, 0.1) is 19.8 Å². The van der Waals surface area contributed by atoms with Gasteiger partial charge < -0.3 is 19.3 Å². The van der Waals surface area contributed by atoms with E-state index in [4.69, 9.17) is 9.47 Å². The van der Waals surface area contributed by atoms with E-state index in [0.717, 1.165) is 44.6 Å². The minimum Gasteiger partial charge on any atom is -0.493 e. The van der Waals surface area contributed by atoms with Crippen molar-refractivity contribution in [2.75, 3.05) is 40.9 Å². The largest absolute Gasteiger partial charge is 0.493 e. The van der Waals surface area contributed by atoms with Gasteiger partial charge in [0.15, 0.2) is 11.5 Å². The van der Waals surface area contributed by atoms with Crippen LogP contribution in [0.1, 0.15) is 28.9 Å². The maximum Gasteiger partial charge on any atom is 0.257 e. The third-order valence-electron chi connectivity index (χ3n) is 5.47. The summed E-state index contributed by atoms with van der Waals surface area (Å²) in [5.74, 6) is 1.04. The second kappa shape index (κ2) is 9.55. The minimum absolute atomic E-state index is 0.0253. The number of amides is 1. The molecule has 2 heterocycles. The third kappa shape index (κ3) is 4.62. The summed E-state index contributed by atoms with van der Waals surface area (Å²) in [6, 6.07) is 11.7. The summed E-state index contributed by atoms with van der Waals surface area (Å²) in [6.45, 7) is 2.99. The van der Waals surface area contributed by atoms with Crippen molar-refractivity contribution < 1.29 is 14.3 Å². The maximum atomic E-state index is 13.1. The number of hydrogen-bond donors (Lipinski definition) is 0. The molecule has 0 spiro atoms. The molecule has 150 valence electrons. The zero-order valence-electron chi connectivity index (χ0n) is 16.9. The predicted molar refractivity (Wildman–Crippen MR) is 109 cm³/mol. The Morgan fingerprint density at radius 3 is 2.57 bits per heavy atom. The van der Waals surface area contributed by atoms with Crippen LogP contribution in [0, 0.1) is 0 Å². The minimum atomic E-state index is -0.0253. The van der Waals surface area contributed by atoms with E-state index in [1.165, 1.54) is 0 Å². The van der Waals surface area contributed by atoms with E-state index in [2.05, 4.69) is 16.0 Å². The first-order valence-corrected chi connectivity index (χ1v) is 9.74. The normalized spacial score (nSPS) is 15.2. The molecule has 1 aromatic heterocycles. The van der Waals surface area contributed by atoms with Gasteiger partial charge in [-0.05, 0) is 37.1 Å². The summed E-state index contributed by atoms with van der Waals surface area (Å²) in [7, 11) is 5.03. The van der Waals surface area contributed by atoms with Crippen LogP contribution in [0.4, 0.5) is 0 Å². The van der Waals surface area contributed by atoms with Crippen molar-refractivity contribution >= 4 is 5.91 Å². The lowest BCUT2D eigenvalue weighted by Gasteiger charge is -2.37. The zero-order valence-corrected chi connectivity index (χ0v) is 16.9. The van der Waals surface area contributed by atoms with Crippen LogP contribution in [-0.4, -0.2) is 67.6 Å². The molecule has 1 aliphatic rings. The quantitative estimate of drug-likeness (QED) is 0.736. The second-order valence-corrected chi connectivity index (χ2v) is 7.10. The molecule has 6 heteroatoms. The lowest BCUT2D eigenvalue weighted by atomic mass is 10.0. The highest BCUT2D eigenvalue weighted by Gasteiger charge is 2.28. The van der Waals surface area contributed by atoms with Crippen LogP contribution in [0.15, 0.2) is 42.6 Å². The Hall–Kier alpha value is -2.60. The first kappa shape index (κ1) is 20.1. The first-order valence-electron chi connectivity index (χ1n) is 9.74. The molecular weight excluding hydrogens is 354 g/mol. The lowest BCUT2D eigenvalue weighted by molar-refractivity contribution is 0.0639. The number of nitrogens with zero attached hydrogens (tertiary/aromatic N) is 3. The van der Waals surface area contributed by atoms with Gasteiger partial charge in [-0.1, -0.05) is 12.1 Å². The number of likely N-dealkylation sites (tertiary alicyclic amines) is 1. The average molecular weight is 383 g/mol. The van der Waals surface area contributed by atoms with E-state index in [0.29, 0.717) is 17.1 Å². The number of piperidine rings is 1. The molecule has 0 unspecified atom stereocenters. The number of hydrogen-bond acceptors (Lipinski definition) is 5. The van der Waals surface area contributed by atoms with Crippen molar-refractivity contribution in [1.82, 2.24) is 14.8 Å². The standard InChI is InChI=1S/C22H29N3O3/c1-24(22(26)19-8-6-9-20(27-2)21(19)28-3)18-11-15-25(16-12-18)14-10-17-7-4-5-13-23-17/h4-9,13,18H,10-12,14-16H2,1-3H3. The molecule has 1 fully saturated rings. The Labute approximate surface area is 167 Å². The monoisotopic (exact) mass is 383 g/mol. The molecule has 28 heavy (non-hydrogen) atoms. The van der Waals surface area contributed by atoms with Gasteiger partial charge in [0.2, 0.25) is 0 Å². The lowest BCUT2D eigenvalue weighted by Crippen LogP contribution is -2.46. The number of benzene rings is 1. The molecule has 0 bridgehead atoms. The summed E-state index contributed by atoms with van der Waals surface area (Å²) in [4.78, 5) is 21.8. The van der Waals surface area contributed by atoms with Gasteiger partial charge in [-0.2, -0.15) is 0 Å². The summed E-state index contributed by atoms with van der Waals surface area (Å²) in [5.41, 5.74) is 1.67. The Morgan fingerprint density at radius 2 is 1.93 bits per heavy atom. The van der Waals surface area contributed by atoms with E-state index in [9.17, 15) is 4.79 Å². The third-order valence-corrected chi connectivity index (χ3v) is 5.47. The Bertz CT molecular complexity index is 774. The van der Waals surface area contributed by atoms with Crippen LogP contribution in [-0.2, 0) is 6.42 Å². The van der Waals surface area contributed by atoms with Gasteiger partial charge in [-0.15, -0.1) is 0 Å². The van der Waals surface area contributed by atoms with Gasteiger partial charge in [-0.25, -0.2) is 0 Å². The zero-order chi connectivity index (χ0) is 19.9. The van der Waals surface area contributed by atoms with Crippen LogP contribution in [0.2, 0.25) is 0 Å². The fourth-order valence-electron chi connectivity index (χ4n) is 3.76. The molecule has 1 amide bonds. The van der Waals surface area contributed by atoms with Crippen molar-refractivity contribution in [2.45, 2.75) is 25.3 Å². The van der Waals surface area contributed by atoms with Gasteiger partial charge in [0, 0.05) is 51.0 Å². The summed E-state index contributed by atoms with van der Waals surface area (Å²) in [6.07, 6.45) is 4.74. The molecule has 1 aromatic carbocycles. The Morgan fingerprint density at radius 1 is 1.14 bits per heavy atom. The highest BCUT2D eigenvalue weighted by Crippen LogP contribution is 2.32. The van der Waals surface area contributed by atoms with Crippen molar-refractivity contribution in [3.05, 3.63) is 53.9 Å². The van der Waals surface area contributed by atoms with Gasteiger partial charge in [-0.3, -0.25) is 9.78 Å². The molecule has 0 aliphatic carbocycles. The Kier molecular flexibility index (Phi) is 6.87. The fraction of sp³-hybridized carbons (Fsp3) is 0.455.